The van der Waals surface area contributed by atoms with E-state index in [1.807, 2.05) is 13.8 Å². The van der Waals surface area contributed by atoms with Gasteiger partial charge < -0.3 is 20.2 Å². The molecule has 1 aromatic heterocycles. The quantitative estimate of drug-likeness (QED) is 0.499. The maximum absolute atomic E-state index is 13.2. The molecule has 1 fully saturated rings. The second-order valence-corrected chi connectivity index (χ2v) is 10.3. The number of carboxylic acid groups (broad SMARTS) is 1. The average molecular weight is 477 g/mol. The minimum Gasteiger partial charge on any atom is -0.465 e. The van der Waals surface area contributed by atoms with Crippen molar-refractivity contribution in [1.29, 1.82) is 0 Å². The Balaban J connectivity index is 2.17. The van der Waals surface area contributed by atoms with Gasteiger partial charge in [0, 0.05) is 26.2 Å². The molecule has 1 saturated heterocycles. The first kappa shape index (κ1) is 27.3. The molecule has 1 unspecified atom stereocenters. The van der Waals surface area contributed by atoms with Gasteiger partial charge in [0.15, 0.2) is 11.5 Å². The molecule has 3 N–H and O–H groups in total. The Kier molecular flexibility index (Phi) is 10.1. The minimum absolute atomic E-state index is 0.202. The van der Waals surface area contributed by atoms with Gasteiger partial charge in [-0.1, -0.05) is 41.5 Å². The molecule has 0 aromatic carbocycles. The zero-order valence-corrected chi connectivity index (χ0v) is 21.3. The van der Waals surface area contributed by atoms with E-state index >= 15 is 0 Å². The van der Waals surface area contributed by atoms with Gasteiger partial charge in [-0.15, -0.1) is 10.2 Å². The molecule has 0 saturated carbocycles. The summed E-state index contributed by atoms with van der Waals surface area (Å²) in [4.78, 5) is 40.2. The lowest BCUT2D eigenvalue weighted by atomic mass is 10.00. The number of amides is 4. The highest BCUT2D eigenvalue weighted by Gasteiger charge is 2.33. The summed E-state index contributed by atoms with van der Waals surface area (Å²) in [6.45, 7) is 13.8. The van der Waals surface area contributed by atoms with Gasteiger partial charge in [0.2, 0.25) is 0 Å². The van der Waals surface area contributed by atoms with Gasteiger partial charge in [-0.25, -0.2) is 9.59 Å². The van der Waals surface area contributed by atoms with E-state index in [4.69, 9.17) is 0 Å². The Hall–Kier alpha value is -2.91. The molecule has 34 heavy (non-hydrogen) atoms. The molecule has 190 valence electrons. The molecule has 1 atom stereocenters. The van der Waals surface area contributed by atoms with Crippen LogP contribution in [0.4, 0.5) is 15.4 Å². The normalized spacial score (nSPS) is 16.3. The van der Waals surface area contributed by atoms with E-state index in [1.54, 1.807) is 11.0 Å². The van der Waals surface area contributed by atoms with Gasteiger partial charge in [0.1, 0.15) is 0 Å². The maximum Gasteiger partial charge on any atom is 0.407 e. The van der Waals surface area contributed by atoms with E-state index in [9.17, 15) is 19.5 Å². The highest BCUT2D eigenvalue weighted by molar-refractivity contribution is 5.93. The van der Waals surface area contributed by atoms with E-state index in [-0.39, 0.29) is 36.1 Å². The lowest BCUT2D eigenvalue weighted by Crippen LogP contribution is -2.56. The number of piperazine rings is 1. The van der Waals surface area contributed by atoms with Gasteiger partial charge in [-0.2, -0.15) is 0 Å². The van der Waals surface area contributed by atoms with Gasteiger partial charge in [-0.05, 0) is 48.6 Å². The van der Waals surface area contributed by atoms with E-state index < -0.39 is 6.09 Å². The Bertz CT molecular complexity index is 858. The third kappa shape index (κ3) is 8.14. The summed E-state index contributed by atoms with van der Waals surface area (Å²) < 4.78 is 0. The Morgan fingerprint density at radius 3 is 2.35 bits per heavy atom. The van der Waals surface area contributed by atoms with Crippen LogP contribution in [0.5, 0.6) is 0 Å². The molecule has 0 spiro atoms. The number of carbonyl (C=O) groups is 3. The first-order valence-electron chi connectivity index (χ1n) is 12.2. The lowest BCUT2D eigenvalue weighted by Gasteiger charge is -2.40. The van der Waals surface area contributed by atoms with Crippen LogP contribution in [0.1, 0.15) is 70.4 Å². The van der Waals surface area contributed by atoms with Crippen LogP contribution in [0.3, 0.4) is 0 Å². The van der Waals surface area contributed by atoms with Gasteiger partial charge in [-0.3, -0.25) is 10.1 Å². The summed E-state index contributed by atoms with van der Waals surface area (Å²) in [7, 11) is 0. The van der Waals surface area contributed by atoms with Crippen molar-refractivity contribution in [3.05, 3.63) is 17.3 Å². The molecule has 10 nitrogen and oxygen atoms in total. The van der Waals surface area contributed by atoms with Crippen LogP contribution in [-0.2, 0) is 6.42 Å². The van der Waals surface area contributed by atoms with Gasteiger partial charge >= 0.3 is 12.1 Å². The number of hydrogen-bond donors (Lipinski definition) is 3. The number of aromatic nitrogens is 2. The number of carbonyl (C=O) groups excluding carboxylic acids is 2. The predicted molar refractivity (Wildman–Crippen MR) is 131 cm³/mol. The number of nitrogens with zero attached hydrogens (tertiary/aromatic N) is 4. The van der Waals surface area contributed by atoms with Crippen molar-refractivity contribution in [1.82, 2.24) is 25.3 Å². The van der Waals surface area contributed by atoms with E-state index in [0.29, 0.717) is 50.1 Å². The molecule has 1 aliphatic rings. The molecule has 0 bridgehead atoms. The molecular formula is C24H40N6O4. The second kappa shape index (κ2) is 12.5. The van der Waals surface area contributed by atoms with Crippen molar-refractivity contribution < 1.29 is 19.5 Å². The number of anilines is 1. The first-order valence-corrected chi connectivity index (χ1v) is 12.2. The molecule has 2 rings (SSSR count). The number of hydrogen-bond acceptors (Lipinski definition) is 5. The topological polar surface area (TPSA) is 128 Å². The maximum atomic E-state index is 13.2. The van der Waals surface area contributed by atoms with Crippen molar-refractivity contribution in [2.45, 2.75) is 66.8 Å². The Labute approximate surface area is 202 Å². The van der Waals surface area contributed by atoms with Crippen molar-refractivity contribution in [2.75, 3.05) is 31.5 Å². The number of rotatable bonds is 9. The summed E-state index contributed by atoms with van der Waals surface area (Å²) in [6.07, 6.45) is 1.21. The smallest absolute Gasteiger partial charge is 0.407 e. The van der Waals surface area contributed by atoms with Crippen molar-refractivity contribution in [2.24, 2.45) is 17.8 Å². The molecule has 10 heteroatoms. The van der Waals surface area contributed by atoms with Crippen LogP contribution in [0.2, 0.25) is 0 Å². The Morgan fingerprint density at radius 1 is 1.06 bits per heavy atom. The first-order chi connectivity index (χ1) is 16.0. The molecule has 0 radical (unpaired) electrons. The fraction of sp³-hybridized carbons (Fsp3) is 0.708. The van der Waals surface area contributed by atoms with Crippen LogP contribution in [0.15, 0.2) is 6.07 Å². The molecule has 4 amide bonds. The SMILES string of the molecule is CC(C)CCNC(=O)Nc1nnc(C(=O)N2CCN(C(=O)O)C(CC(C)C)C2)cc1CC(C)C. The molecular weight excluding hydrogens is 436 g/mol. The summed E-state index contributed by atoms with van der Waals surface area (Å²) in [6, 6.07) is 1.09. The lowest BCUT2D eigenvalue weighted by molar-refractivity contribution is 0.0431. The summed E-state index contributed by atoms with van der Waals surface area (Å²) in [5.41, 5.74) is 0.948. The fourth-order valence-electron chi connectivity index (χ4n) is 4.06. The number of urea groups is 1. The predicted octanol–water partition coefficient (Wildman–Crippen LogP) is 3.69. The molecule has 1 aliphatic heterocycles. The van der Waals surface area contributed by atoms with Crippen molar-refractivity contribution >= 4 is 23.8 Å². The summed E-state index contributed by atoms with van der Waals surface area (Å²) in [5, 5.41) is 23.4. The molecule has 0 aliphatic carbocycles. The highest BCUT2D eigenvalue weighted by atomic mass is 16.4. The van der Waals surface area contributed by atoms with E-state index in [2.05, 4.69) is 48.5 Å². The van der Waals surface area contributed by atoms with Gasteiger partial charge in [0.25, 0.3) is 5.91 Å². The van der Waals surface area contributed by atoms with Crippen molar-refractivity contribution in [3.8, 4) is 0 Å². The zero-order valence-electron chi connectivity index (χ0n) is 21.3. The third-order valence-corrected chi connectivity index (χ3v) is 5.72. The van der Waals surface area contributed by atoms with Crippen LogP contribution in [0.25, 0.3) is 0 Å². The minimum atomic E-state index is -0.959. The summed E-state index contributed by atoms with van der Waals surface area (Å²) in [5.74, 6) is 1.15. The van der Waals surface area contributed by atoms with E-state index in [1.165, 1.54) is 4.90 Å². The largest absolute Gasteiger partial charge is 0.465 e. The van der Waals surface area contributed by atoms with Crippen LogP contribution < -0.4 is 10.6 Å². The highest BCUT2D eigenvalue weighted by Crippen LogP contribution is 2.21. The average Bonchev–Trinajstić information content (AvgIpc) is 2.73. The standard InChI is InChI=1S/C24H40N6O4/c1-15(2)7-8-25-23(32)26-21-18(11-16(3)4)13-20(27-28-21)22(31)29-9-10-30(24(33)34)19(14-29)12-17(5)6/h13,15-17,19H,7-12,14H2,1-6H3,(H,33,34)(H2,25,26,28,32). The fourth-order valence-corrected chi connectivity index (χ4v) is 4.06. The number of nitrogens with one attached hydrogen (secondary N) is 2. The van der Waals surface area contributed by atoms with Crippen LogP contribution in [-0.4, -0.2) is 75.4 Å². The van der Waals surface area contributed by atoms with Crippen LogP contribution >= 0.6 is 0 Å². The molecule has 1 aromatic rings. The monoisotopic (exact) mass is 476 g/mol. The second-order valence-electron chi connectivity index (χ2n) is 10.3. The third-order valence-electron chi connectivity index (χ3n) is 5.72. The van der Waals surface area contributed by atoms with E-state index in [0.717, 1.165) is 12.0 Å². The van der Waals surface area contributed by atoms with Gasteiger partial charge in [0.05, 0.1) is 6.04 Å². The molecule has 2 heterocycles. The Morgan fingerprint density at radius 2 is 1.76 bits per heavy atom. The zero-order chi connectivity index (χ0) is 25.4. The van der Waals surface area contributed by atoms with Crippen LogP contribution in [0, 0.1) is 17.8 Å². The van der Waals surface area contributed by atoms with Crippen molar-refractivity contribution in [3.63, 3.8) is 0 Å². The summed E-state index contributed by atoms with van der Waals surface area (Å²) >= 11 is 0.